The molecule has 0 saturated heterocycles. The first-order valence-electron chi connectivity index (χ1n) is 6.67. The number of aryl methyl sites for hydroxylation is 1. The van der Waals surface area contributed by atoms with Crippen molar-refractivity contribution in [3.63, 3.8) is 0 Å². The Morgan fingerprint density at radius 1 is 0.944 bits per heavy atom. The van der Waals surface area contributed by atoms with Crippen molar-refractivity contribution in [2.75, 3.05) is 11.9 Å². The van der Waals surface area contributed by atoms with E-state index < -0.39 is 0 Å². The smallest absolute Gasteiger partial charge is 0.0340 e. The van der Waals surface area contributed by atoms with Crippen LogP contribution in [0.5, 0.6) is 0 Å². The summed E-state index contributed by atoms with van der Waals surface area (Å²) in [4.78, 5) is 0. The third-order valence-corrected chi connectivity index (χ3v) is 3.34. The second-order valence-electron chi connectivity index (χ2n) is 4.74. The lowest BCUT2D eigenvalue weighted by molar-refractivity contribution is 0.805. The van der Waals surface area contributed by atoms with Gasteiger partial charge < -0.3 is 5.32 Å². The minimum Gasteiger partial charge on any atom is -0.384 e. The van der Waals surface area contributed by atoms with E-state index in [-0.39, 0.29) is 0 Å². The van der Waals surface area contributed by atoms with Crippen molar-refractivity contribution < 1.29 is 0 Å². The van der Waals surface area contributed by atoms with Gasteiger partial charge in [-0.25, -0.2) is 0 Å². The average molecular weight is 239 g/mol. The summed E-state index contributed by atoms with van der Waals surface area (Å²) in [5, 5.41) is 3.49. The van der Waals surface area contributed by atoms with Crippen LogP contribution in [0.1, 0.15) is 30.9 Å². The molecule has 0 aliphatic rings. The monoisotopic (exact) mass is 239 g/mol. The lowest BCUT2D eigenvalue weighted by Gasteiger charge is -2.14. The molecule has 2 aromatic carbocycles. The van der Waals surface area contributed by atoms with Crippen molar-refractivity contribution in [3.05, 3.63) is 65.7 Å². The highest BCUT2D eigenvalue weighted by Crippen LogP contribution is 2.16. The average Bonchev–Trinajstić information content (AvgIpc) is 2.46. The first kappa shape index (κ1) is 12.7. The van der Waals surface area contributed by atoms with Crippen molar-refractivity contribution in [1.82, 2.24) is 0 Å². The molecular weight excluding hydrogens is 218 g/mol. The highest BCUT2D eigenvalue weighted by molar-refractivity contribution is 5.45. The summed E-state index contributed by atoms with van der Waals surface area (Å²) in [6.07, 6.45) is 1.10. The van der Waals surface area contributed by atoms with Crippen molar-refractivity contribution in [1.29, 1.82) is 0 Å². The maximum atomic E-state index is 3.49. The zero-order valence-corrected chi connectivity index (χ0v) is 11.2. The van der Waals surface area contributed by atoms with Crippen molar-refractivity contribution in [2.45, 2.75) is 26.2 Å². The van der Waals surface area contributed by atoms with E-state index in [1.165, 1.54) is 16.8 Å². The molecule has 0 aromatic heterocycles. The van der Waals surface area contributed by atoms with Crippen molar-refractivity contribution >= 4 is 5.69 Å². The molecule has 0 spiro atoms. The van der Waals surface area contributed by atoms with Crippen LogP contribution in [0.4, 0.5) is 5.69 Å². The standard InChI is InChI=1S/C17H21N/c1-3-15-9-11-17(12-10-15)18-13-14(2)16-7-5-4-6-8-16/h4-12,14,18H,3,13H2,1-2H3. The van der Waals surface area contributed by atoms with E-state index >= 15 is 0 Å². The van der Waals surface area contributed by atoms with E-state index in [0.717, 1.165) is 13.0 Å². The van der Waals surface area contributed by atoms with Gasteiger partial charge in [0.2, 0.25) is 0 Å². The van der Waals surface area contributed by atoms with Gasteiger partial charge in [-0.1, -0.05) is 56.3 Å². The van der Waals surface area contributed by atoms with Gasteiger partial charge in [0.15, 0.2) is 0 Å². The summed E-state index contributed by atoms with van der Waals surface area (Å²) >= 11 is 0. The molecule has 94 valence electrons. The van der Waals surface area contributed by atoms with E-state index in [4.69, 9.17) is 0 Å². The van der Waals surface area contributed by atoms with Gasteiger partial charge in [-0.15, -0.1) is 0 Å². The largest absolute Gasteiger partial charge is 0.384 e. The van der Waals surface area contributed by atoms with E-state index in [0.29, 0.717) is 5.92 Å². The Labute approximate surface area is 110 Å². The Hall–Kier alpha value is -1.76. The second-order valence-corrected chi connectivity index (χ2v) is 4.74. The number of hydrogen-bond donors (Lipinski definition) is 1. The molecule has 0 saturated carbocycles. The van der Waals surface area contributed by atoms with Crippen LogP contribution in [0.2, 0.25) is 0 Å². The highest BCUT2D eigenvalue weighted by Gasteiger charge is 2.04. The molecule has 18 heavy (non-hydrogen) atoms. The number of rotatable bonds is 5. The molecule has 0 bridgehead atoms. The molecule has 0 aliphatic carbocycles. The SMILES string of the molecule is CCc1ccc(NCC(C)c2ccccc2)cc1. The number of nitrogens with one attached hydrogen (secondary N) is 1. The minimum absolute atomic E-state index is 0.525. The van der Waals surface area contributed by atoms with Gasteiger partial charge in [0.1, 0.15) is 0 Å². The molecule has 0 aliphatic heterocycles. The molecule has 2 rings (SSSR count). The van der Waals surface area contributed by atoms with E-state index in [1.807, 2.05) is 0 Å². The van der Waals surface area contributed by atoms with Crippen molar-refractivity contribution in [2.24, 2.45) is 0 Å². The van der Waals surface area contributed by atoms with Crippen LogP contribution in [0.3, 0.4) is 0 Å². The van der Waals surface area contributed by atoms with Crippen LogP contribution in [-0.2, 0) is 6.42 Å². The first-order valence-corrected chi connectivity index (χ1v) is 6.67. The Kier molecular flexibility index (Phi) is 4.40. The maximum Gasteiger partial charge on any atom is 0.0340 e. The third kappa shape index (κ3) is 3.36. The molecule has 0 amide bonds. The molecule has 1 atom stereocenters. The summed E-state index contributed by atoms with van der Waals surface area (Å²) in [6.45, 7) is 5.40. The predicted octanol–water partition coefficient (Wildman–Crippen LogP) is 4.46. The summed E-state index contributed by atoms with van der Waals surface area (Å²) in [5.41, 5.74) is 3.97. The zero-order valence-electron chi connectivity index (χ0n) is 11.2. The fraction of sp³-hybridized carbons (Fsp3) is 0.294. The van der Waals surface area contributed by atoms with Crippen LogP contribution < -0.4 is 5.32 Å². The molecular formula is C17H21N. The summed E-state index contributed by atoms with van der Waals surface area (Å²) < 4.78 is 0. The van der Waals surface area contributed by atoms with Crippen LogP contribution in [0.15, 0.2) is 54.6 Å². The minimum atomic E-state index is 0.525. The highest BCUT2D eigenvalue weighted by atomic mass is 14.9. The van der Waals surface area contributed by atoms with Gasteiger partial charge in [-0.05, 0) is 35.6 Å². The molecule has 2 aromatic rings. The van der Waals surface area contributed by atoms with Gasteiger partial charge in [-0.3, -0.25) is 0 Å². The normalized spacial score (nSPS) is 12.1. The molecule has 0 heterocycles. The lowest BCUT2D eigenvalue weighted by atomic mass is 10.0. The maximum absolute atomic E-state index is 3.49. The Morgan fingerprint density at radius 2 is 1.61 bits per heavy atom. The van der Waals surface area contributed by atoms with Gasteiger partial charge in [0.25, 0.3) is 0 Å². The van der Waals surface area contributed by atoms with Gasteiger partial charge in [0.05, 0.1) is 0 Å². The summed E-state index contributed by atoms with van der Waals surface area (Å²) in [7, 11) is 0. The fourth-order valence-corrected chi connectivity index (χ4v) is 2.03. The third-order valence-electron chi connectivity index (χ3n) is 3.34. The molecule has 1 unspecified atom stereocenters. The number of benzene rings is 2. The van der Waals surface area contributed by atoms with Gasteiger partial charge in [0, 0.05) is 12.2 Å². The molecule has 1 heteroatoms. The van der Waals surface area contributed by atoms with Crippen LogP contribution >= 0.6 is 0 Å². The first-order chi connectivity index (χ1) is 8.79. The molecule has 1 nitrogen and oxygen atoms in total. The Morgan fingerprint density at radius 3 is 2.22 bits per heavy atom. The predicted molar refractivity (Wildman–Crippen MR) is 79.2 cm³/mol. The van der Waals surface area contributed by atoms with Crippen LogP contribution in [0.25, 0.3) is 0 Å². The zero-order chi connectivity index (χ0) is 12.8. The molecule has 0 fully saturated rings. The Bertz CT molecular complexity index is 459. The number of anilines is 1. The lowest BCUT2D eigenvalue weighted by Crippen LogP contribution is -2.09. The van der Waals surface area contributed by atoms with Crippen LogP contribution in [-0.4, -0.2) is 6.54 Å². The van der Waals surface area contributed by atoms with Crippen LogP contribution in [0, 0.1) is 0 Å². The summed E-state index contributed by atoms with van der Waals surface area (Å²) in [6, 6.07) is 19.3. The Balaban J connectivity index is 1.91. The van der Waals surface area contributed by atoms with E-state index in [1.54, 1.807) is 0 Å². The van der Waals surface area contributed by atoms with Gasteiger partial charge in [-0.2, -0.15) is 0 Å². The topological polar surface area (TPSA) is 12.0 Å². The molecule has 0 radical (unpaired) electrons. The fourth-order valence-electron chi connectivity index (χ4n) is 2.03. The summed E-state index contributed by atoms with van der Waals surface area (Å²) in [5.74, 6) is 0.525. The second kappa shape index (κ2) is 6.25. The van der Waals surface area contributed by atoms with Crippen molar-refractivity contribution in [3.8, 4) is 0 Å². The van der Waals surface area contributed by atoms with E-state index in [9.17, 15) is 0 Å². The number of hydrogen-bond acceptors (Lipinski definition) is 1. The van der Waals surface area contributed by atoms with E-state index in [2.05, 4.69) is 73.8 Å². The quantitative estimate of drug-likeness (QED) is 0.812. The van der Waals surface area contributed by atoms with Gasteiger partial charge >= 0.3 is 0 Å². The molecule has 1 N–H and O–H groups in total.